The van der Waals surface area contributed by atoms with Crippen LogP contribution in [0.15, 0.2) is 34.3 Å². The number of oxime groups is 1. The Bertz CT molecular complexity index is 273. The molecule has 0 heterocycles. The second-order valence-electron chi connectivity index (χ2n) is 2.16. The lowest BCUT2D eigenvalue weighted by atomic mass is 10.2. The van der Waals surface area contributed by atoms with Crippen LogP contribution < -0.4 is 0 Å². The summed E-state index contributed by atoms with van der Waals surface area (Å²) in [7, 11) is 1.54. The summed E-state index contributed by atoms with van der Waals surface area (Å²) in [5.74, 6) is 0. The van der Waals surface area contributed by atoms with Crippen LogP contribution in [-0.2, 0) is 4.84 Å². The predicted octanol–water partition coefficient (Wildman–Crippen LogP) is 2.39. The Hall–Kier alpha value is -0.960. The summed E-state index contributed by atoms with van der Waals surface area (Å²) < 4.78 is 0. The van der Waals surface area contributed by atoms with Crippen molar-refractivity contribution in [1.29, 1.82) is 0 Å². The molecule has 12 heavy (non-hydrogen) atoms. The normalized spacial score (nSPS) is 10.5. The lowest BCUT2D eigenvalue weighted by Crippen LogP contribution is -1.84. The second-order valence-corrected chi connectivity index (χ2v) is 3.01. The summed E-state index contributed by atoms with van der Waals surface area (Å²) in [5.41, 5.74) is 1.09. The third kappa shape index (κ3) is 2.27. The van der Waals surface area contributed by atoms with Crippen LogP contribution in [0.5, 0.6) is 0 Å². The fourth-order valence-corrected chi connectivity index (χ4v) is 1.45. The molecule has 0 aliphatic rings. The van der Waals surface area contributed by atoms with Crippen LogP contribution in [0, 0.1) is 0 Å². The van der Waals surface area contributed by atoms with Gasteiger partial charge in [-0.15, -0.1) is 11.8 Å². The van der Waals surface area contributed by atoms with Gasteiger partial charge in [0.1, 0.15) is 7.11 Å². The van der Waals surface area contributed by atoms with E-state index in [9.17, 15) is 0 Å². The van der Waals surface area contributed by atoms with Crippen molar-refractivity contribution < 1.29 is 4.84 Å². The van der Waals surface area contributed by atoms with E-state index < -0.39 is 0 Å². The number of rotatable bonds is 3. The van der Waals surface area contributed by atoms with Gasteiger partial charge in [0.15, 0.2) is 0 Å². The van der Waals surface area contributed by atoms with E-state index in [0.717, 1.165) is 5.56 Å². The molecule has 0 atom stereocenters. The summed E-state index contributed by atoms with van der Waals surface area (Å²) >= 11 is 1.70. The van der Waals surface area contributed by atoms with Gasteiger partial charge >= 0.3 is 0 Å². The van der Waals surface area contributed by atoms with Crippen molar-refractivity contribution in [1.82, 2.24) is 0 Å². The van der Waals surface area contributed by atoms with Gasteiger partial charge in [-0.3, -0.25) is 0 Å². The van der Waals surface area contributed by atoms with Gasteiger partial charge in [-0.25, -0.2) is 0 Å². The Morgan fingerprint density at radius 3 is 2.83 bits per heavy atom. The summed E-state index contributed by atoms with van der Waals surface area (Å²) in [5, 5.41) is 3.71. The number of hydrogen-bond acceptors (Lipinski definition) is 3. The highest BCUT2D eigenvalue weighted by molar-refractivity contribution is 7.98. The minimum absolute atomic E-state index is 1.09. The van der Waals surface area contributed by atoms with Gasteiger partial charge in [-0.2, -0.15) is 0 Å². The van der Waals surface area contributed by atoms with Gasteiger partial charge in [0.2, 0.25) is 0 Å². The Balaban J connectivity index is 2.89. The fraction of sp³-hybridized carbons (Fsp3) is 0.222. The number of hydrogen-bond donors (Lipinski definition) is 0. The Morgan fingerprint density at radius 1 is 1.42 bits per heavy atom. The maximum atomic E-state index is 4.61. The standard InChI is InChI=1S/C9H11NOS/c1-11-10-7-8-5-3-4-6-9(8)12-2/h3-7H,1-2H3. The molecule has 0 amide bonds. The van der Waals surface area contributed by atoms with E-state index in [-0.39, 0.29) is 0 Å². The maximum Gasteiger partial charge on any atom is 0.106 e. The molecule has 0 saturated heterocycles. The van der Waals surface area contributed by atoms with Gasteiger partial charge in [0.25, 0.3) is 0 Å². The molecule has 1 aromatic carbocycles. The highest BCUT2D eigenvalue weighted by Gasteiger charge is 1.95. The van der Waals surface area contributed by atoms with Crippen molar-refractivity contribution in [3.63, 3.8) is 0 Å². The van der Waals surface area contributed by atoms with E-state index >= 15 is 0 Å². The average Bonchev–Trinajstić information content (AvgIpc) is 2.15. The first-order chi connectivity index (χ1) is 5.88. The third-order valence-corrected chi connectivity index (χ3v) is 2.25. The average molecular weight is 181 g/mol. The van der Waals surface area contributed by atoms with Crippen LogP contribution >= 0.6 is 11.8 Å². The van der Waals surface area contributed by atoms with Crippen LogP contribution in [0.2, 0.25) is 0 Å². The SMILES string of the molecule is CON=Cc1ccccc1SC. The first-order valence-corrected chi connectivity index (χ1v) is 4.80. The zero-order valence-electron chi connectivity index (χ0n) is 7.15. The summed E-state index contributed by atoms with van der Waals surface area (Å²) in [4.78, 5) is 5.81. The molecule has 0 aliphatic heterocycles. The van der Waals surface area contributed by atoms with Crippen molar-refractivity contribution in [3.8, 4) is 0 Å². The van der Waals surface area contributed by atoms with E-state index in [1.807, 2.05) is 24.5 Å². The zero-order valence-corrected chi connectivity index (χ0v) is 7.97. The maximum absolute atomic E-state index is 4.61. The monoisotopic (exact) mass is 181 g/mol. The fourth-order valence-electron chi connectivity index (χ4n) is 0.883. The molecule has 0 radical (unpaired) electrons. The number of nitrogens with zero attached hydrogens (tertiary/aromatic N) is 1. The molecule has 0 saturated carbocycles. The highest BCUT2D eigenvalue weighted by Crippen LogP contribution is 2.17. The van der Waals surface area contributed by atoms with Gasteiger partial charge < -0.3 is 4.84 Å². The molecule has 0 spiro atoms. The van der Waals surface area contributed by atoms with E-state index in [4.69, 9.17) is 0 Å². The molecular weight excluding hydrogens is 170 g/mol. The van der Waals surface area contributed by atoms with Crippen molar-refractivity contribution >= 4 is 18.0 Å². The molecule has 1 aromatic rings. The Labute approximate surface area is 76.6 Å². The summed E-state index contributed by atoms with van der Waals surface area (Å²) in [6.07, 6.45) is 3.76. The lowest BCUT2D eigenvalue weighted by Gasteiger charge is -1.99. The minimum atomic E-state index is 1.09. The van der Waals surface area contributed by atoms with Gasteiger partial charge in [-0.05, 0) is 12.3 Å². The molecule has 0 unspecified atom stereocenters. The molecule has 0 aliphatic carbocycles. The largest absolute Gasteiger partial charge is 0.399 e. The van der Waals surface area contributed by atoms with Crippen LogP contribution in [-0.4, -0.2) is 19.6 Å². The van der Waals surface area contributed by atoms with Crippen LogP contribution in [0.1, 0.15) is 5.56 Å². The Kier molecular flexibility index (Phi) is 3.67. The Morgan fingerprint density at radius 2 is 2.17 bits per heavy atom. The molecular formula is C9H11NOS. The van der Waals surface area contributed by atoms with Crippen LogP contribution in [0.4, 0.5) is 0 Å². The van der Waals surface area contributed by atoms with Crippen LogP contribution in [0.3, 0.4) is 0 Å². The molecule has 64 valence electrons. The van der Waals surface area contributed by atoms with Crippen molar-refractivity contribution in [2.24, 2.45) is 5.16 Å². The first kappa shape index (κ1) is 9.13. The summed E-state index contributed by atoms with van der Waals surface area (Å²) in [6.45, 7) is 0. The van der Waals surface area contributed by atoms with E-state index in [1.165, 1.54) is 12.0 Å². The molecule has 0 bridgehead atoms. The van der Waals surface area contributed by atoms with E-state index in [0.29, 0.717) is 0 Å². The van der Waals surface area contributed by atoms with Gasteiger partial charge in [0.05, 0.1) is 6.21 Å². The van der Waals surface area contributed by atoms with Crippen molar-refractivity contribution in [3.05, 3.63) is 29.8 Å². The van der Waals surface area contributed by atoms with E-state index in [1.54, 1.807) is 18.0 Å². The topological polar surface area (TPSA) is 21.6 Å². The third-order valence-electron chi connectivity index (χ3n) is 1.44. The van der Waals surface area contributed by atoms with Crippen molar-refractivity contribution in [2.75, 3.05) is 13.4 Å². The molecule has 3 heteroatoms. The number of thioether (sulfide) groups is 1. The van der Waals surface area contributed by atoms with Gasteiger partial charge in [0, 0.05) is 10.5 Å². The smallest absolute Gasteiger partial charge is 0.106 e. The number of benzene rings is 1. The second kappa shape index (κ2) is 4.83. The quantitative estimate of drug-likeness (QED) is 0.405. The molecule has 0 N–H and O–H groups in total. The van der Waals surface area contributed by atoms with E-state index in [2.05, 4.69) is 16.1 Å². The first-order valence-electron chi connectivity index (χ1n) is 3.58. The zero-order chi connectivity index (χ0) is 8.81. The van der Waals surface area contributed by atoms with Gasteiger partial charge in [-0.1, -0.05) is 23.4 Å². The molecule has 0 aromatic heterocycles. The van der Waals surface area contributed by atoms with Crippen molar-refractivity contribution in [2.45, 2.75) is 4.90 Å². The molecule has 2 nitrogen and oxygen atoms in total. The highest BCUT2D eigenvalue weighted by atomic mass is 32.2. The van der Waals surface area contributed by atoms with Crippen LogP contribution in [0.25, 0.3) is 0 Å². The molecule has 0 fully saturated rings. The summed E-state index contributed by atoms with van der Waals surface area (Å²) in [6, 6.07) is 8.06. The molecule has 1 rings (SSSR count). The minimum Gasteiger partial charge on any atom is -0.399 e. The predicted molar refractivity (Wildman–Crippen MR) is 52.8 cm³/mol. The lowest BCUT2D eigenvalue weighted by molar-refractivity contribution is 0.215.